The third kappa shape index (κ3) is 4.02. The molecule has 0 spiro atoms. The fourth-order valence-corrected chi connectivity index (χ4v) is 3.19. The van der Waals surface area contributed by atoms with Crippen molar-refractivity contribution in [2.24, 2.45) is 0 Å². The Bertz CT molecular complexity index is 714. The van der Waals surface area contributed by atoms with Gasteiger partial charge in [0.25, 0.3) is 0 Å². The van der Waals surface area contributed by atoms with Gasteiger partial charge in [-0.15, -0.1) is 0 Å². The lowest BCUT2D eigenvalue weighted by Gasteiger charge is -2.35. The summed E-state index contributed by atoms with van der Waals surface area (Å²) in [6, 6.07) is 9.73. The number of amides is 2. The summed E-state index contributed by atoms with van der Waals surface area (Å²) in [6.45, 7) is 7.56. The lowest BCUT2D eigenvalue weighted by Crippen LogP contribution is -2.51. The van der Waals surface area contributed by atoms with E-state index in [2.05, 4.69) is 10.2 Å². The highest BCUT2D eigenvalue weighted by Crippen LogP contribution is 2.26. The van der Waals surface area contributed by atoms with Gasteiger partial charge in [0.15, 0.2) is 0 Å². The highest BCUT2D eigenvalue weighted by molar-refractivity contribution is 5.85. The van der Waals surface area contributed by atoms with Gasteiger partial charge in [-0.2, -0.15) is 0 Å². The first kappa shape index (κ1) is 17.5. The van der Waals surface area contributed by atoms with Crippen molar-refractivity contribution in [3.05, 3.63) is 36.1 Å². The molecule has 1 fully saturated rings. The molecular weight excluding hydrogens is 318 g/mol. The zero-order valence-electron chi connectivity index (χ0n) is 14.8. The van der Waals surface area contributed by atoms with Gasteiger partial charge >= 0.3 is 0 Å². The van der Waals surface area contributed by atoms with Crippen molar-refractivity contribution in [1.82, 2.24) is 15.1 Å². The molecule has 134 valence electrons. The van der Waals surface area contributed by atoms with E-state index in [0.29, 0.717) is 31.9 Å². The van der Waals surface area contributed by atoms with E-state index in [9.17, 15) is 9.59 Å². The van der Waals surface area contributed by atoms with Crippen molar-refractivity contribution in [3.8, 4) is 0 Å². The number of benzene rings is 1. The number of furan rings is 1. The minimum atomic E-state index is -0.303. The molecule has 1 N–H and O–H groups in total. The molecular formula is C19H25N3O3. The Hall–Kier alpha value is -2.34. The van der Waals surface area contributed by atoms with E-state index < -0.39 is 0 Å². The molecule has 3 rings (SSSR count). The Kier molecular flexibility index (Phi) is 5.38. The van der Waals surface area contributed by atoms with Gasteiger partial charge in [0.05, 0.1) is 12.5 Å². The van der Waals surface area contributed by atoms with Crippen LogP contribution in [-0.4, -0.2) is 60.9 Å². The van der Waals surface area contributed by atoms with E-state index in [1.807, 2.05) is 49.1 Å². The van der Waals surface area contributed by atoms with Crippen LogP contribution in [0.3, 0.4) is 0 Å². The molecule has 1 atom stereocenters. The molecule has 2 amide bonds. The van der Waals surface area contributed by atoms with Crippen LogP contribution in [0.2, 0.25) is 0 Å². The molecule has 6 nitrogen and oxygen atoms in total. The van der Waals surface area contributed by atoms with Gasteiger partial charge in [-0.1, -0.05) is 18.2 Å². The monoisotopic (exact) mass is 343 g/mol. The van der Waals surface area contributed by atoms with E-state index >= 15 is 0 Å². The number of hydrogen-bond acceptors (Lipinski definition) is 4. The van der Waals surface area contributed by atoms with Gasteiger partial charge < -0.3 is 14.6 Å². The maximum Gasteiger partial charge on any atom is 0.234 e. The largest absolute Gasteiger partial charge is 0.460 e. The molecule has 2 aromatic rings. The van der Waals surface area contributed by atoms with E-state index in [0.717, 1.165) is 24.1 Å². The first-order valence-corrected chi connectivity index (χ1v) is 8.84. The maximum absolute atomic E-state index is 12.8. The second-order valence-corrected chi connectivity index (χ2v) is 6.46. The second-order valence-electron chi connectivity index (χ2n) is 6.46. The molecule has 1 aromatic carbocycles. The summed E-state index contributed by atoms with van der Waals surface area (Å²) >= 11 is 0. The Balaban J connectivity index is 1.57. The number of para-hydroxylation sites is 1. The van der Waals surface area contributed by atoms with Gasteiger partial charge in [0, 0.05) is 38.1 Å². The van der Waals surface area contributed by atoms with Crippen LogP contribution >= 0.6 is 0 Å². The molecule has 1 aromatic heterocycles. The van der Waals surface area contributed by atoms with Gasteiger partial charge in [-0.05, 0) is 26.0 Å². The molecule has 25 heavy (non-hydrogen) atoms. The predicted molar refractivity (Wildman–Crippen MR) is 96.3 cm³/mol. The summed E-state index contributed by atoms with van der Waals surface area (Å²) in [5.41, 5.74) is 0.809. The van der Waals surface area contributed by atoms with Crippen molar-refractivity contribution >= 4 is 22.8 Å². The Morgan fingerprint density at radius 1 is 1.20 bits per heavy atom. The normalized spacial score (nSPS) is 16.8. The van der Waals surface area contributed by atoms with E-state index in [1.165, 1.54) is 0 Å². The van der Waals surface area contributed by atoms with E-state index in [1.54, 1.807) is 0 Å². The quantitative estimate of drug-likeness (QED) is 0.899. The Morgan fingerprint density at radius 3 is 2.60 bits per heavy atom. The van der Waals surface area contributed by atoms with E-state index in [4.69, 9.17) is 4.42 Å². The molecule has 1 aliphatic heterocycles. The molecule has 0 unspecified atom stereocenters. The topological polar surface area (TPSA) is 65.8 Å². The number of nitrogens with one attached hydrogen (secondary N) is 1. The zero-order chi connectivity index (χ0) is 17.8. The molecule has 2 heterocycles. The first-order valence-electron chi connectivity index (χ1n) is 8.84. The smallest absolute Gasteiger partial charge is 0.234 e. The average molecular weight is 343 g/mol. The van der Waals surface area contributed by atoms with Crippen LogP contribution in [0.15, 0.2) is 34.7 Å². The summed E-state index contributed by atoms with van der Waals surface area (Å²) < 4.78 is 5.83. The van der Waals surface area contributed by atoms with Crippen molar-refractivity contribution in [2.45, 2.75) is 19.8 Å². The standard InChI is InChI=1S/C19H25N3O3/c1-3-20-18(23)13-21-8-10-22(11-9-21)19(24)14(2)17-12-15-6-4-5-7-16(15)25-17/h4-7,12,14H,3,8-11,13H2,1-2H3,(H,20,23)/t14-/m0/s1. The second kappa shape index (κ2) is 7.70. The summed E-state index contributed by atoms with van der Waals surface area (Å²) in [4.78, 5) is 28.4. The number of likely N-dealkylation sites (N-methyl/N-ethyl adjacent to an activating group) is 1. The molecule has 1 aliphatic rings. The van der Waals surface area contributed by atoms with Crippen molar-refractivity contribution < 1.29 is 14.0 Å². The Morgan fingerprint density at radius 2 is 1.92 bits per heavy atom. The van der Waals surface area contributed by atoms with Crippen LogP contribution in [0.5, 0.6) is 0 Å². The Labute approximate surface area is 147 Å². The lowest BCUT2D eigenvalue weighted by atomic mass is 10.1. The van der Waals surface area contributed by atoms with E-state index in [-0.39, 0.29) is 17.7 Å². The highest BCUT2D eigenvalue weighted by Gasteiger charge is 2.28. The summed E-state index contributed by atoms with van der Waals surface area (Å²) in [5.74, 6) is 0.521. The number of hydrogen-bond donors (Lipinski definition) is 1. The number of rotatable bonds is 5. The molecule has 0 saturated carbocycles. The first-order chi connectivity index (χ1) is 12.1. The van der Waals surface area contributed by atoms with Crippen molar-refractivity contribution in [1.29, 1.82) is 0 Å². The van der Waals surface area contributed by atoms with Crippen molar-refractivity contribution in [2.75, 3.05) is 39.3 Å². The van der Waals surface area contributed by atoms with Gasteiger partial charge in [0.2, 0.25) is 11.8 Å². The van der Waals surface area contributed by atoms with Crippen LogP contribution in [0, 0.1) is 0 Å². The SMILES string of the molecule is CCNC(=O)CN1CCN(C(=O)[C@@H](C)c2cc3ccccc3o2)CC1. The third-order valence-electron chi connectivity index (χ3n) is 4.67. The molecule has 1 saturated heterocycles. The van der Waals surface area contributed by atoms with Crippen LogP contribution in [0.4, 0.5) is 0 Å². The minimum Gasteiger partial charge on any atom is -0.460 e. The van der Waals surface area contributed by atoms with Gasteiger partial charge in [-0.25, -0.2) is 0 Å². The predicted octanol–water partition coefficient (Wildman–Crippen LogP) is 1.82. The summed E-state index contributed by atoms with van der Waals surface area (Å²) in [6.07, 6.45) is 0. The number of nitrogens with zero attached hydrogens (tertiary/aromatic N) is 2. The molecule has 6 heteroatoms. The highest BCUT2D eigenvalue weighted by atomic mass is 16.3. The minimum absolute atomic E-state index is 0.0397. The summed E-state index contributed by atoms with van der Waals surface area (Å²) in [5, 5.41) is 3.82. The van der Waals surface area contributed by atoms with Crippen LogP contribution < -0.4 is 5.32 Å². The lowest BCUT2D eigenvalue weighted by molar-refractivity contribution is -0.134. The fraction of sp³-hybridized carbons (Fsp3) is 0.474. The van der Waals surface area contributed by atoms with Crippen molar-refractivity contribution in [3.63, 3.8) is 0 Å². The van der Waals surface area contributed by atoms with Gasteiger partial charge in [0.1, 0.15) is 11.3 Å². The third-order valence-corrected chi connectivity index (χ3v) is 4.67. The molecule has 0 bridgehead atoms. The summed E-state index contributed by atoms with van der Waals surface area (Å²) in [7, 11) is 0. The zero-order valence-corrected chi connectivity index (χ0v) is 14.8. The maximum atomic E-state index is 12.8. The fourth-order valence-electron chi connectivity index (χ4n) is 3.19. The number of piperazine rings is 1. The van der Waals surface area contributed by atoms with Crippen LogP contribution in [0.1, 0.15) is 25.5 Å². The molecule has 0 radical (unpaired) electrons. The van der Waals surface area contributed by atoms with Crippen LogP contribution in [-0.2, 0) is 9.59 Å². The molecule has 0 aliphatic carbocycles. The van der Waals surface area contributed by atoms with Crippen LogP contribution in [0.25, 0.3) is 11.0 Å². The average Bonchev–Trinajstić information content (AvgIpc) is 3.05. The van der Waals surface area contributed by atoms with Gasteiger partial charge in [-0.3, -0.25) is 14.5 Å². The number of carbonyl (C=O) groups is 2. The number of carbonyl (C=O) groups excluding carboxylic acids is 2. The number of fused-ring (bicyclic) bond motifs is 1.